The Kier molecular flexibility index (Phi) is 3.68. The zero-order valence-corrected chi connectivity index (χ0v) is 18.6. The molecule has 0 amide bonds. The van der Waals surface area contributed by atoms with E-state index in [1.165, 1.54) is 41.0 Å². The maximum atomic E-state index is 6.54. The van der Waals surface area contributed by atoms with Crippen molar-refractivity contribution in [1.82, 2.24) is 4.98 Å². The van der Waals surface area contributed by atoms with Crippen molar-refractivity contribution < 1.29 is 4.57 Å². The Bertz CT molecular complexity index is 1810. The third kappa shape index (κ3) is 2.56. The molecule has 0 aliphatic rings. The fraction of sp³-hybridized carbons (Fsp3) is 0. The molecule has 7 aromatic rings. The van der Waals surface area contributed by atoms with Crippen molar-refractivity contribution >= 4 is 85.7 Å². The van der Waals surface area contributed by atoms with Crippen LogP contribution < -0.4 is 4.57 Å². The third-order valence-electron chi connectivity index (χ3n) is 5.85. The normalized spacial score (nSPS) is 12.0. The van der Waals surface area contributed by atoms with E-state index in [0.29, 0.717) is 5.15 Å². The van der Waals surface area contributed by atoms with Gasteiger partial charge in [0, 0.05) is 42.4 Å². The van der Waals surface area contributed by atoms with Crippen molar-refractivity contribution in [3.8, 4) is 5.69 Å². The lowest BCUT2D eigenvalue weighted by Crippen LogP contribution is -2.30. The van der Waals surface area contributed by atoms with Crippen LogP contribution >= 0.6 is 34.3 Å². The fourth-order valence-electron chi connectivity index (χ4n) is 4.46. The van der Waals surface area contributed by atoms with Crippen LogP contribution in [-0.2, 0) is 0 Å². The first kappa shape index (κ1) is 17.6. The van der Waals surface area contributed by atoms with Gasteiger partial charge in [-0.25, -0.2) is 4.98 Å². The van der Waals surface area contributed by atoms with Crippen molar-refractivity contribution in [2.24, 2.45) is 0 Å². The van der Waals surface area contributed by atoms with E-state index in [2.05, 4.69) is 83.4 Å². The van der Waals surface area contributed by atoms with E-state index < -0.39 is 0 Å². The summed E-state index contributed by atoms with van der Waals surface area (Å²) in [6.07, 6.45) is 1.93. The molecule has 0 N–H and O–H groups in total. The summed E-state index contributed by atoms with van der Waals surface area (Å²) in [5, 5.41) is 6.71. The molecule has 0 atom stereocenters. The molecule has 2 nitrogen and oxygen atoms in total. The van der Waals surface area contributed by atoms with Crippen molar-refractivity contribution in [1.29, 1.82) is 0 Å². The highest BCUT2D eigenvalue weighted by Crippen LogP contribution is 2.38. The summed E-state index contributed by atoms with van der Waals surface area (Å²) in [4.78, 5) is 5.86. The van der Waals surface area contributed by atoms with E-state index in [1.807, 2.05) is 17.5 Å². The average Bonchev–Trinajstić information content (AvgIpc) is 3.36. The number of nitrogens with zero attached hydrogens (tertiary/aromatic N) is 2. The Morgan fingerprint density at radius 2 is 1.52 bits per heavy atom. The maximum absolute atomic E-state index is 6.54. The summed E-state index contributed by atoms with van der Waals surface area (Å²) in [7, 11) is 0. The van der Waals surface area contributed by atoms with Crippen LogP contribution in [0.4, 0.5) is 0 Å². The van der Waals surface area contributed by atoms with Gasteiger partial charge in [-0.2, -0.15) is 0 Å². The second-order valence-corrected chi connectivity index (χ2v) is 10.1. The number of fused-ring (bicyclic) bond motifs is 8. The minimum atomic E-state index is 0.497. The second-order valence-electron chi connectivity index (χ2n) is 7.63. The van der Waals surface area contributed by atoms with Crippen molar-refractivity contribution in [2.75, 3.05) is 0 Å². The summed E-state index contributed by atoms with van der Waals surface area (Å²) in [6, 6.07) is 28.1. The first-order valence-electron chi connectivity index (χ1n) is 10.0. The first-order valence-corrected chi connectivity index (χ1v) is 12.0. The molecule has 31 heavy (non-hydrogen) atoms. The van der Waals surface area contributed by atoms with E-state index in [0.717, 1.165) is 16.0 Å². The second kappa shape index (κ2) is 6.47. The SMILES string of the molecule is Clc1c[n+](-c2ccc3c(c2)sc2ccccc23)c2sc3ccc4ccccc4c3c2n1. The van der Waals surface area contributed by atoms with E-state index in [9.17, 15) is 0 Å². The maximum Gasteiger partial charge on any atom is 0.294 e. The summed E-state index contributed by atoms with van der Waals surface area (Å²) < 4.78 is 6.00. The summed E-state index contributed by atoms with van der Waals surface area (Å²) in [5.74, 6) is 0. The Labute approximate surface area is 190 Å². The van der Waals surface area contributed by atoms with Crippen LogP contribution in [0, 0.1) is 0 Å². The van der Waals surface area contributed by atoms with Crippen LogP contribution in [0.5, 0.6) is 0 Å². The Morgan fingerprint density at radius 3 is 2.45 bits per heavy atom. The highest BCUT2D eigenvalue weighted by molar-refractivity contribution is 7.26. The molecule has 3 aromatic heterocycles. The Morgan fingerprint density at radius 1 is 0.710 bits per heavy atom. The van der Waals surface area contributed by atoms with Gasteiger partial charge in [0.25, 0.3) is 4.83 Å². The summed E-state index contributed by atoms with van der Waals surface area (Å²) in [5.41, 5.74) is 2.06. The molecule has 0 fully saturated rings. The molecule has 7 rings (SSSR count). The molecule has 0 spiro atoms. The summed E-state index contributed by atoms with van der Waals surface area (Å²) >= 11 is 10.1. The van der Waals surface area contributed by atoms with Gasteiger partial charge in [0.2, 0.25) is 11.9 Å². The molecule has 0 saturated carbocycles. The quantitative estimate of drug-likeness (QED) is 0.231. The zero-order chi connectivity index (χ0) is 20.5. The van der Waals surface area contributed by atoms with E-state index in [1.54, 1.807) is 11.3 Å². The van der Waals surface area contributed by atoms with Gasteiger partial charge in [-0.05, 0) is 29.0 Å². The van der Waals surface area contributed by atoms with Gasteiger partial charge in [-0.3, -0.25) is 0 Å². The number of rotatable bonds is 1. The predicted molar refractivity (Wildman–Crippen MR) is 134 cm³/mol. The largest absolute Gasteiger partial charge is 0.294 e. The third-order valence-corrected chi connectivity index (χ3v) is 8.31. The van der Waals surface area contributed by atoms with Crippen molar-refractivity contribution in [2.45, 2.75) is 0 Å². The molecule has 0 aliphatic carbocycles. The number of halogens is 1. The molecule has 0 bridgehead atoms. The first-order chi connectivity index (χ1) is 15.3. The van der Waals surface area contributed by atoms with Gasteiger partial charge in [-0.15, -0.1) is 15.9 Å². The van der Waals surface area contributed by atoms with Gasteiger partial charge >= 0.3 is 0 Å². The van der Waals surface area contributed by atoms with Crippen molar-refractivity contribution in [3.05, 3.63) is 90.2 Å². The van der Waals surface area contributed by atoms with Crippen molar-refractivity contribution in [3.63, 3.8) is 0 Å². The molecule has 5 heteroatoms. The lowest BCUT2D eigenvalue weighted by molar-refractivity contribution is -0.565. The molecule has 4 aromatic carbocycles. The number of thiophene rings is 2. The van der Waals surface area contributed by atoms with E-state index >= 15 is 0 Å². The van der Waals surface area contributed by atoms with Gasteiger partial charge in [0.1, 0.15) is 0 Å². The number of aromatic nitrogens is 2. The molecule has 146 valence electrons. The monoisotopic (exact) mass is 453 g/mol. The Balaban J connectivity index is 1.57. The highest BCUT2D eigenvalue weighted by atomic mass is 35.5. The fourth-order valence-corrected chi connectivity index (χ4v) is 6.94. The lowest BCUT2D eigenvalue weighted by Gasteiger charge is -2.00. The number of benzene rings is 4. The van der Waals surface area contributed by atoms with Crippen LogP contribution in [0.2, 0.25) is 5.15 Å². The highest BCUT2D eigenvalue weighted by Gasteiger charge is 2.22. The number of hydrogen-bond donors (Lipinski definition) is 0. The van der Waals surface area contributed by atoms with E-state index in [-0.39, 0.29) is 0 Å². The number of hydrogen-bond acceptors (Lipinski definition) is 3. The predicted octanol–water partition coefficient (Wildman–Crippen LogP) is 7.90. The average molecular weight is 454 g/mol. The topological polar surface area (TPSA) is 16.8 Å². The minimum Gasteiger partial charge on any atom is -0.222 e. The molecule has 0 aliphatic heterocycles. The molecular weight excluding hydrogens is 440 g/mol. The zero-order valence-electron chi connectivity index (χ0n) is 16.2. The smallest absolute Gasteiger partial charge is 0.222 e. The van der Waals surface area contributed by atoms with Gasteiger partial charge in [0.05, 0.1) is 0 Å². The molecule has 0 unspecified atom stereocenters. The van der Waals surface area contributed by atoms with Gasteiger partial charge in [0.15, 0.2) is 10.7 Å². The van der Waals surface area contributed by atoms with Crippen LogP contribution in [0.3, 0.4) is 0 Å². The minimum absolute atomic E-state index is 0.497. The van der Waals surface area contributed by atoms with Crippen LogP contribution in [0.1, 0.15) is 0 Å². The van der Waals surface area contributed by atoms with Crippen LogP contribution in [0.25, 0.3) is 57.1 Å². The molecule has 3 heterocycles. The Hall–Kier alpha value is -3.05. The molecular formula is C26H14ClN2S2+. The van der Waals surface area contributed by atoms with Gasteiger partial charge < -0.3 is 0 Å². The lowest BCUT2D eigenvalue weighted by atomic mass is 10.1. The van der Waals surface area contributed by atoms with Crippen LogP contribution in [-0.4, -0.2) is 4.98 Å². The molecule has 0 radical (unpaired) electrons. The standard InChI is InChI=1S/C26H14ClN2S2/c27-23-14-29(16-10-11-19-18-7-3-4-8-20(18)30-22(19)13-16)26-25(28-23)24-17-6-2-1-5-15(17)9-12-21(24)31-26/h1-14H/q+1. The van der Waals surface area contributed by atoms with Gasteiger partial charge in [-0.1, -0.05) is 71.5 Å². The van der Waals surface area contributed by atoms with Crippen LogP contribution in [0.15, 0.2) is 85.1 Å². The van der Waals surface area contributed by atoms with E-state index in [4.69, 9.17) is 16.6 Å². The molecule has 0 saturated heterocycles. The summed E-state index contributed by atoms with van der Waals surface area (Å²) in [6.45, 7) is 0.